The summed E-state index contributed by atoms with van der Waals surface area (Å²) >= 11 is 0. The van der Waals surface area contributed by atoms with E-state index in [0.717, 1.165) is 12.0 Å². The predicted molar refractivity (Wildman–Crippen MR) is 115 cm³/mol. The van der Waals surface area contributed by atoms with Crippen molar-refractivity contribution in [1.29, 1.82) is 0 Å². The molecular weight excluding hydrogens is 364 g/mol. The highest BCUT2D eigenvalue weighted by atomic mass is 16.3. The van der Waals surface area contributed by atoms with Crippen LogP contribution in [0, 0.1) is 0 Å². The minimum Gasteiger partial charge on any atom is -0.394 e. The maximum atomic E-state index is 11.7. The van der Waals surface area contributed by atoms with Crippen LogP contribution >= 0.6 is 0 Å². The molecule has 0 fully saturated rings. The van der Waals surface area contributed by atoms with Gasteiger partial charge in [0.25, 0.3) is 0 Å². The molecule has 0 radical (unpaired) electrons. The molecule has 0 saturated carbocycles. The van der Waals surface area contributed by atoms with Gasteiger partial charge in [-0.05, 0) is 47.2 Å². The zero-order valence-corrected chi connectivity index (χ0v) is 16.2. The molecule has 0 saturated heterocycles. The van der Waals surface area contributed by atoms with Crippen LogP contribution in [0.1, 0.15) is 23.7 Å². The lowest BCUT2D eigenvalue weighted by Gasteiger charge is -2.13. The molecule has 0 aromatic heterocycles. The molecule has 5 heteroatoms. The van der Waals surface area contributed by atoms with E-state index in [1.807, 2.05) is 18.2 Å². The summed E-state index contributed by atoms with van der Waals surface area (Å²) in [5, 5.41) is 22.0. The molecule has 0 spiro atoms. The maximum Gasteiger partial charge on any atom is 0.243 e. The fourth-order valence-corrected chi connectivity index (χ4v) is 3.07. The van der Waals surface area contributed by atoms with Crippen LogP contribution in [-0.2, 0) is 11.2 Å². The Labute approximate surface area is 170 Å². The zero-order chi connectivity index (χ0) is 20.6. The third-order valence-corrected chi connectivity index (χ3v) is 4.86. The van der Waals surface area contributed by atoms with Crippen LogP contribution < -0.4 is 11.1 Å². The highest BCUT2D eigenvalue weighted by Crippen LogP contribution is 2.23. The van der Waals surface area contributed by atoms with Crippen LogP contribution in [0.3, 0.4) is 0 Å². The van der Waals surface area contributed by atoms with Crippen molar-refractivity contribution in [2.24, 2.45) is 5.73 Å². The number of aliphatic hydroxyl groups is 2. The number of benzene rings is 3. The first-order valence-electron chi connectivity index (χ1n) is 9.66. The van der Waals surface area contributed by atoms with Crippen LogP contribution in [0.2, 0.25) is 0 Å². The van der Waals surface area contributed by atoms with E-state index in [2.05, 4.69) is 41.7 Å². The van der Waals surface area contributed by atoms with Crippen molar-refractivity contribution in [3.63, 3.8) is 0 Å². The van der Waals surface area contributed by atoms with E-state index in [1.165, 1.54) is 16.7 Å². The van der Waals surface area contributed by atoms with Gasteiger partial charge in [-0.1, -0.05) is 66.7 Å². The highest BCUT2D eigenvalue weighted by molar-refractivity contribution is 5.94. The molecule has 29 heavy (non-hydrogen) atoms. The first kappa shape index (κ1) is 20.7. The fourth-order valence-electron chi connectivity index (χ4n) is 3.07. The lowest BCUT2D eigenvalue weighted by Crippen LogP contribution is -2.38. The average molecular weight is 390 g/mol. The topological polar surface area (TPSA) is 95.6 Å². The first-order chi connectivity index (χ1) is 14.1. The van der Waals surface area contributed by atoms with Crippen LogP contribution in [0.25, 0.3) is 11.1 Å². The molecule has 0 bridgehead atoms. The fraction of sp³-hybridized carbons (Fsp3) is 0.208. The summed E-state index contributed by atoms with van der Waals surface area (Å²) in [5.74, 6) is -0.445. The zero-order valence-electron chi connectivity index (χ0n) is 16.2. The van der Waals surface area contributed by atoms with Crippen LogP contribution in [0.4, 0.5) is 5.69 Å². The molecule has 0 aliphatic rings. The predicted octanol–water partition coefficient (Wildman–Crippen LogP) is 3.28. The number of nitrogens with two attached hydrogens (primary N) is 1. The van der Waals surface area contributed by atoms with Crippen LogP contribution in [-0.4, -0.2) is 28.8 Å². The van der Waals surface area contributed by atoms with Crippen molar-refractivity contribution in [2.45, 2.75) is 25.0 Å². The van der Waals surface area contributed by atoms with Crippen molar-refractivity contribution in [3.8, 4) is 11.1 Å². The van der Waals surface area contributed by atoms with E-state index in [4.69, 9.17) is 10.8 Å². The summed E-state index contributed by atoms with van der Waals surface area (Å²) in [6, 6.07) is 24.7. The van der Waals surface area contributed by atoms with Gasteiger partial charge in [0, 0.05) is 5.69 Å². The Kier molecular flexibility index (Phi) is 7.14. The summed E-state index contributed by atoms with van der Waals surface area (Å²) in [7, 11) is 0. The number of hydrogen-bond acceptors (Lipinski definition) is 4. The van der Waals surface area contributed by atoms with Crippen molar-refractivity contribution < 1.29 is 15.0 Å². The molecule has 5 N–H and O–H groups in total. The van der Waals surface area contributed by atoms with E-state index < -0.39 is 24.7 Å². The van der Waals surface area contributed by atoms with Crippen molar-refractivity contribution in [3.05, 3.63) is 90.0 Å². The van der Waals surface area contributed by atoms with Crippen LogP contribution in [0.15, 0.2) is 78.9 Å². The minimum absolute atomic E-state index is 0.408. The van der Waals surface area contributed by atoms with Crippen LogP contribution in [0.5, 0.6) is 0 Å². The van der Waals surface area contributed by atoms with Gasteiger partial charge in [0.1, 0.15) is 6.04 Å². The van der Waals surface area contributed by atoms with E-state index in [-0.39, 0.29) is 0 Å². The number of hydrogen-bond donors (Lipinski definition) is 4. The normalized spacial score (nSPS) is 12.9. The molecule has 1 amide bonds. The third kappa shape index (κ3) is 5.74. The molecule has 3 aromatic rings. The van der Waals surface area contributed by atoms with Gasteiger partial charge in [0.05, 0.1) is 12.7 Å². The maximum absolute atomic E-state index is 11.7. The van der Waals surface area contributed by atoms with Gasteiger partial charge >= 0.3 is 0 Å². The van der Waals surface area contributed by atoms with E-state index in [0.29, 0.717) is 12.1 Å². The number of rotatable bonds is 8. The lowest BCUT2D eigenvalue weighted by atomic mass is 9.99. The Morgan fingerprint density at radius 2 is 1.52 bits per heavy atom. The molecule has 5 nitrogen and oxygen atoms in total. The third-order valence-electron chi connectivity index (χ3n) is 4.86. The molecule has 3 aromatic carbocycles. The quantitative estimate of drug-likeness (QED) is 0.475. The molecule has 0 aliphatic heterocycles. The van der Waals surface area contributed by atoms with Crippen molar-refractivity contribution in [1.82, 2.24) is 0 Å². The van der Waals surface area contributed by atoms with Crippen molar-refractivity contribution >= 4 is 11.6 Å². The average Bonchev–Trinajstić information content (AvgIpc) is 2.78. The summed E-state index contributed by atoms with van der Waals surface area (Å²) in [4.78, 5) is 11.7. The second-order valence-corrected chi connectivity index (χ2v) is 7.02. The molecule has 1 unspecified atom stereocenters. The van der Waals surface area contributed by atoms with Crippen molar-refractivity contribution in [2.75, 3.05) is 11.9 Å². The van der Waals surface area contributed by atoms with Gasteiger partial charge < -0.3 is 21.3 Å². The Hall–Kier alpha value is -2.99. The van der Waals surface area contributed by atoms with E-state index >= 15 is 0 Å². The van der Waals surface area contributed by atoms with E-state index in [1.54, 1.807) is 24.3 Å². The standard InChI is InChI=1S/C24H26N2O3/c25-22(16-27)24(29)26-21-13-11-20(12-14-21)23(28)15-8-17-6-9-19(10-7-17)18-4-2-1-3-5-18/h1-7,9-14,22-23,27-28H,8,15-16,25H2,(H,26,29)/t22-,23?/m0/s1. The Bertz CT molecular complexity index is 909. The van der Waals surface area contributed by atoms with Gasteiger partial charge in [-0.25, -0.2) is 0 Å². The smallest absolute Gasteiger partial charge is 0.243 e. The first-order valence-corrected chi connectivity index (χ1v) is 9.66. The van der Waals surface area contributed by atoms with E-state index in [9.17, 15) is 9.90 Å². The molecule has 0 aliphatic carbocycles. The summed E-state index contributed by atoms with van der Waals surface area (Å²) in [6.45, 7) is -0.408. The minimum atomic E-state index is -0.950. The van der Waals surface area contributed by atoms with Gasteiger partial charge in [-0.3, -0.25) is 4.79 Å². The Balaban J connectivity index is 1.54. The number of aryl methyl sites for hydroxylation is 1. The number of anilines is 1. The molecule has 3 rings (SSSR count). The van der Waals surface area contributed by atoms with Gasteiger partial charge in [0.2, 0.25) is 5.91 Å². The number of nitrogens with one attached hydrogen (secondary N) is 1. The number of aliphatic hydroxyl groups excluding tert-OH is 2. The van der Waals surface area contributed by atoms with Gasteiger partial charge in [0.15, 0.2) is 0 Å². The molecular formula is C24H26N2O3. The largest absolute Gasteiger partial charge is 0.394 e. The van der Waals surface area contributed by atoms with Gasteiger partial charge in [-0.2, -0.15) is 0 Å². The second-order valence-electron chi connectivity index (χ2n) is 7.02. The molecule has 2 atom stereocenters. The molecule has 150 valence electrons. The Morgan fingerprint density at radius 1 is 0.897 bits per heavy atom. The molecule has 0 heterocycles. The highest BCUT2D eigenvalue weighted by Gasteiger charge is 2.13. The lowest BCUT2D eigenvalue weighted by molar-refractivity contribution is -0.118. The summed E-state index contributed by atoms with van der Waals surface area (Å²) in [5.41, 5.74) is 10.4. The Morgan fingerprint density at radius 3 is 2.14 bits per heavy atom. The number of carbonyl (C=O) groups is 1. The monoisotopic (exact) mass is 390 g/mol. The summed E-state index contributed by atoms with van der Waals surface area (Å²) in [6.07, 6.45) is 0.777. The summed E-state index contributed by atoms with van der Waals surface area (Å²) < 4.78 is 0. The number of amides is 1. The number of carbonyl (C=O) groups excluding carboxylic acids is 1. The SMILES string of the molecule is N[C@@H](CO)C(=O)Nc1ccc(C(O)CCc2ccc(-c3ccccc3)cc2)cc1. The second kappa shape index (κ2) is 9.98. The van der Waals surface area contributed by atoms with Gasteiger partial charge in [-0.15, -0.1) is 0 Å².